The van der Waals surface area contributed by atoms with Crippen molar-refractivity contribution in [2.24, 2.45) is 0 Å². The van der Waals surface area contributed by atoms with Crippen LogP contribution in [-0.4, -0.2) is 29.3 Å². The molecule has 1 fully saturated rings. The fourth-order valence-electron chi connectivity index (χ4n) is 1.73. The molecule has 0 unspecified atom stereocenters. The van der Waals surface area contributed by atoms with E-state index in [-0.39, 0.29) is 6.61 Å². The molecule has 1 aliphatic heterocycles. The summed E-state index contributed by atoms with van der Waals surface area (Å²) in [7, 11) is 0. The van der Waals surface area contributed by atoms with Crippen LogP contribution in [0.5, 0.6) is 11.6 Å². The topological polar surface area (TPSA) is 69.4 Å². The monoisotopic (exact) mass is 295 g/mol. The van der Waals surface area contributed by atoms with Crippen molar-refractivity contribution in [3.8, 4) is 11.6 Å². The van der Waals surface area contributed by atoms with E-state index in [1.807, 2.05) is 0 Å². The quantitative estimate of drug-likeness (QED) is 0.879. The summed E-state index contributed by atoms with van der Waals surface area (Å²) in [6.07, 6.45) is 4.26. The summed E-state index contributed by atoms with van der Waals surface area (Å²) in [6.45, 7) is 1.91. The van der Waals surface area contributed by atoms with Crippen molar-refractivity contribution in [2.45, 2.75) is 19.1 Å². The molecule has 20 heavy (non-hydrogen) atoms. The Morgan fingerprint density at radius 1 is 1.35 bits per heavy atom. The third-order valence-corrected chi connectivity index (χ3v) is 3.16. The van der Waals surface area contributed by atoms with Gasteiger partial charge in [0, 0.05) is 24.4 Å². The molecule has 0 saturated carbocycles. The van der Waals surface area contributed by atoms with Crippen molar-refractivity contribution in [3.05, 3.63) is 35.3 Å². The molecule has 0 amide bonds. The maximum absolute atomic E-state index is 5.82. The molecule has 0 spiro atoms. The highest BCUT2D eigenvalue weighted by Gasteiger charge is 2.17. The minimum absolute atomic E-state index is 0.250. The van der Waals surface area contributed by atoms with Crippen LogP contribution in [0.1, 0.15) is 12.2 Å². The summed E-state index contributed by atoms with van der Waals surface area (Å²) in [5.41, 5.74) is 0. The van der Waals surface area contributed by atoms with Gasteiger partial charge in [-0.3, -0.25) is 4.98 Å². The second kappa shape index (κ2) is 6.11. The highest BCUT2D eigenvalue weighted by molar-refractivity contribution is 6.30. The second-order valence-electron chi connectivity index (χ2n) is 4.51. The Morgan fingerprint density at radius 2 is 2.25 bits per heavy atom. The Bertz CT molecular complexity index is 571. The van der Waals surface area contributed by atoms with Crippen LogP contribution in [-0.2, 0) is 6.61 Å². The number of ether oxygens (including phenoxy) is 2. The number of nitrogens with zero attached hydrogens (tertiary/aromatic N) is 2. The van der Waals surface area contributed by atoms with Gasteiger partial charge in [-0.25, -0.2) is 0 Å². The lowest BCUT2D eigenvalue weighted by Gasteiger charge is -2.26. The molecule has 1 saturated heterocycles. The molecule has 106 valence electrons. The van der Waals surface area contributed by atoms with Gasteiger partial charge >= 0.3 is 0 Å². The number of aromatic nitrogens is 2. The minimum atomic E-state index is 0.250. The molecule has 7 heteroatoms. The molecule has 6 nitrogen and oxygen atoms in total. The largest absolute Gasteiger partial charge is 0.484 e. The summed E-state index contributed by atoms with van der Waals surface area (Å²) < 4.78 is 16.1. The zero-order valence-corrected chi connectivity index (χ0v) is 11.5. The molecule has 0 aliphatic carbocycles. The van der Waals surface area contributed by atoms with E-state index in [1.54, 1.807) is 24.5 Å². The zero-order chi connectivity index (χ0) is 13.8. The molecule has 0 aromatic carbocycles. The number of rotatable bonds is 6. The van der Waals surface area contributed by atoms with Crippen LogP contribution in [0.2, 0.25) is 5.02 Å². The van der Waals surface area contributed by atoms with Crippen molar-refractivity contribution in [3.63, 3.8) is 0 Å². The molecule has 0 radical (unpaired) electrons. The fraction of sp³-hybridized carbons (Fsp3) is 0.385. The van der Waals surface area contributed by atoms with Gasteiger partial charge in [-0.1, -0.05) is 11.6 Å². The molecular formula is C13H14ClN3O3. The Labute approximate surface area is 121 Å². The summed E-state index contributed by atoms with van der Waals surface area (Å²) >= 11 is 5.82. The number of hydrogen-bond donors (Lipinski definition) is 1. The third kappa shape index (κ3) is 3.40. The second-order valence-corrected chi connectivity index (χ2v) is 4.95. The highest BCUT2D eigenvalue weighted by atomic mass is 35.5. The van der Waals surface area contributed by atoms with Crippen LogP contribution in [0, 0.1) is 0 Å². The lowest BCUT2D eigenvalue weighted by atomic mass is 10.1. The maximum atomic E-state index is 5.82. The minimum Gasteiger partial charge on any atom is -0.484 e. The predicted octanol–water partition coefficient (Wildman–Crippen LogP) is 2.04. The van der Waals surface area contributed by atoms with Crippen molar-refractivity contribution >= 4 is 11.6 Å². The van der Waals surface area contributed by atoms with E-state index in [1.165, 1.54) is 0 Å². The van der Waals surface area contributed by atoms with Gasteiger partial charge in [0.25, 0.3) is 5.88 Å². The van der Waals surface area contributed by atoms with Gasteiger partial charge in [-0.2, -0.15) is 0 Å². The van der Waals surface area contributed by atoms with Crippen molar-refractivity contribution in [1.82, 2.24) is 15.5 Å². The van der Waals surface area contributed by atoms with E-state index in [0.717, 1.165) is 13.0 Å². The summed E-state index contributed by atoms with van der Waals surface area (Å²) in [6, 6.07) is 3.82. The molecule has 1 atom stereocenters. The van der Waals surface area contributed by atoms with Crippen LogP contribution < -0.4 is 14.8 Å². The van der Waals surface area contributed by atoms with Gasteiger partial charge < -0.3 is 19.3 Å². The Balaban J connectivity index is 1.49. The van der Waals surface area contributed by atoms with Crippen LogP contribution in [0.15, 0.2) is 29.0 Å². The highest BCUT2D eigenvalue weighted by Crippen LogP contribution is 2.18. The van der Waals surface area contributed by atoms with E-state index in [9.17, 15) is 0 Å². The lowest BCUT2D eigenvalue weighted by Crippen LogP contribution is -2.46. The van der Waals surface area contributed by atoms with Crippen LogP contribution in [0.4, 0.5) is 0 Å². The molecule has 2 aromatic heterocycles. The molecular weight excluding hydrogens is 282 g/mol. The zero-order valence-electron chi connectivity index (χ0n) is 10.7. The normalized spacial score (nSPS) is 17.6. The van der Waals surface area contributed by atoms with Gasteiger partial charge in [0.1, 0.15) is 19.0 Å². The van der Waals surface area contributed by atoms with E-state index >= 15 is 0 Å². The molecule has 1 N–H and O–H groups in total. The van der Waals surface area contributed by atoms with E-state index in [2.05, 4.69) is 15.5 Å². The molecule has 0 bridgehead atoms. The van der Waals surface area contributed by atoms with Crippen molar-refractivity contribution < 1.29 is 14.0 Å². The molecule has 1 aliphatic rings. The van der Waals surface area contributed by atoms with Gasteiger partial charge in [0.15, 0.2) is 5.76 Å². The van der Waals surface area contributed by atoms with Gasteiger partial charge in [-0.15, -0.1) is 0 Å². The summed E-state index contributed by atoms with van der Waals surface area (Å²) in [4.78, 5) is 3.93. The van der Waals surface area contributed by atoms with Crippen LogP contribution >= 0.6 is 11.6 Å². The van der Waals surface area contributed by atoms with E-state index < -0.39 is 0 Å². The maximum Gasteiger partial charge on any atom is 0.254 e. The summed E-state index contributed by atoms with van der Waals surface area (Å²) in [5.74, 6) is 1.64. The molecule has 3 rings (SSSR count). The van der Waals surface area contributed by atoms with E-state index in [0.29, 0.717) is 35.1 Å². The van der Waals surface area contributed by atoms with Crippen LogP contribution in [0.3, 0.4) is 0 Å². The van der Waals surface area contributed by atoms with Gasteiger partial charge in [0.05, 0.1) is 11.2 Å². The first-order chi connectivity index (χ1) is 9.79. The summed E-state index contributed by atoms with van der Waals surface area (Å²) in [5, 5.41) is 7.60. The molecule has 2 aromatic rings. The standard InChI is InChI=1S/C13H14ClN3O3/c14-9-3-11(6-15-5-9)18-8-12-4-13(17-20-12)19-7-10-1-2-16-10/h3-6,10,16H,1-2,7-8H2/t10-/m0/s1. The number of halogens is 1. The first kappa shape index (κ1) is 13.2. The van der Waals surface area contributed by atoms with Crippen molar-refractivity contribution in [1.29, 1.82) is 0 Å². The smallest absolute Gasteiger partial charge is 0.254 e. The first-order valence-electron chi connectivity index (χ1n) is 6.35. The Hall–Kier alpha value is -1.79. The number of hydrogen-bond acceptors (Lipinski definition) is 6. The first-order valence-corrected chi connectivity index (χ1v) is 6.72. The van der Waals surface area contributed by atoms with Gasteiger partial charge in [-0.05, 0) is 18.1 Å². The number of pyridine rings is 1. The Kier molecular flexibility index (Phi) is 4.03. The predicted molar refractivity (Wildman–Crippen MR) is 72.0 cm³/mol. The SMILES string of the molecule is Clc1cncc(OCc2cc(OC[C@@H]3CCN3)no2)c1. The van der Waals surface area contributed by atoms with Gasteiger partial charge in [0.2, 0.25) is 0 Å². The van der Waals surface area contributed by atoms with Crippen molar-refractivity contribution in [2.75, 3.05) is 13.2 Å². The lowest BCUT2D eigenvalue weighted by molar-refractivity contribution is 0.199. The number of nitrogens with one attached hydrogen (secondary N) is 1. The Morgan fingerprint density at radius 3 is 3.00 bits per heavy atom. The third-order valence-electron chi connectivity index (χ3n) is 2.96. The fourth-order valence-corrected chi connectivity index (χ4v) is 1.90. The average molecular weight is 296 g/mol. The van der Waals surface area contributed by atoms with E-state index in [4.69, 9.17) is 25.6 Å². The van der Waals surface area contributed by atoms with Crippen LogP contribution in [0.25, 0.3) is 0 Å². The average Bonchev–Trinajstić information content (AvgIpc) is 2.83. The molecule has 3 heterocycles.